The molecule has 2 aromatic rings. The lowest BCUT2D eigenvalue weighted by atomic mass is 10.1. The number of nitro benzene ring substituents is 1. The second kappa shape index (κ2) is 8.26. The first kappa shape index (κ1) is 16.9. The zero-order chi connectivity index (χ0) is 16.7. The largest absolute Gasteiger partial charge is 0.490 e. The number of ether oxygens (including phenoxy) is 2. The van der Waals surface area contributed by atoms with Gasteiger partial charge in [0.05, 0.1) is 18.6 Å². The van der Waals surface area contributed by atoms with Crippen molar-refractivity contribution < 1.29 is 14.4 Å². The molecule has 0 aliphatic carbocycles. The van der Waals surface area contributed by atoms with Gasteiger partial charge in [0.15, 0.2) is 5.75 Å². The van der Waals surface area contributed by atoms with Gasteiger partial charge in [-0.25, -0.2) is 0 Å². The van der Waals surface area contributed by atoms with E-state index in [1.807, 2.05) is 24.3 Å². The van der Waals surface area contributed by atoms with Gasteiger partial charge >= 0.3 is 5.69 Å². The van der Waals surface area contributed by atoms with Crippen LogP contribution < -0.4 is 10.1 Å². The van der Waals surface area contributed by atoms with Crippen molar-refractivity contribution in [1.82, 2.24) is 5.32 Å². The number of nitrogens with zero attached hydrogens (tertiary/aromatic N) is 1. The molecule has 6 heteroatoms. The van der Waals surface area contributed by atoms with Crippen molar-refractivity contribution in [2.75, 3.05) is 14.2 Å². The van der Waals surface area contributed by atoms with Crippen LogP contribution >= 0.6 is 0 Å². The molecule has 0 amide bonds. The molecule has 0 aliphatic heterocycles. The first-order chi connectivity index (χ1) is 11.1. The SMILES string of the molecule is COCc1cccc(CNCc2ccc(OC)c([N+](=O)[O-])c2)c1. The van der Waals surface area contributed by atoms with Crippen molar-refractivity contribution in [1.29, 1.82) is 0 Å². The van der Waals surface area contributed by atoms with Gasteiger partial charge in [-0.2, -0.15) is 0 Å². The van der Waals surface area contributed by atoms with Crippen molar-refractivity contribution in [3.8, 4) is 5.75 Å². The lowest BCUT2D eigenvalue weighted by molar-refractivity contribution is -0.385. The summed E-state index contributed by atoms with van der Waals surface area (Å²) in [5, 5.41) is 14.3. The van der Waals surface area contributed by atoms with Crippen LogP contribution in [-0.4, -0.2) is 19.1 Å². The standard InChI is InChI=1S/C17H20N2O4/c1-22-12-15-5-3-4-13(8-15)10-18-11-14-6-7-17(23-2)16(9-14)19(20)21/h3-9,18H,10-12H2,1-2H3. The Morgan fingerprint density at radius 3 is 2.39 bits per heavy atom. The van der Waals surface area contributed by atoms with Crippen molar-refractivity contribution in [2.24, 2.45) is 0 Å². The minimum Gasteiger partial charge on any atom is -0.490 e. The molecule has 0 saturated heterocycles. The fourth-order valence-electron chi connectivity index (χ4n) is 2.34. The van der Waals surface area contributed by atoms with E-state index in [0.717, 1.165) is 16.7 Å². The Labute approximate surface area is 135 Å². The van der Waals surface area contributed by atoms with Crippen LogP contribution in [0.25, 0.3) is 0 Å². The Kier molecular flexibility index (Phi) is 6.08. The summed E-state index contributed by atoms with van der Waals surface area (Å²) in [7, 11) is 3.09. The van der Waals surface area contributed by atoms with E-state index in [9.17, 15) is 10.1 Å². The van der Waals surface area contributed by atoms with E-state index in [1.54, 1.807) is 13.2 Å². The van der Waals surface area contributed by atoms with E-state index in [-0.39, 0.29) is 11.4 Å². The summed E-state index contributed by atoms with van der Waals surface area (Å²) in [6, 6.07) is 13.1. The molecule has 0 aromatic heterocycles. The van der Waals surface area contributed by atoms with Crippen LogP contribution in [0.4, 0.5) is 5.69 Å². The quantitative estimate of drug-likeness (QED) is 0.598. The van der Waals surface area contributed by atoms with Crippen molar-refractivity contribution >= 4 is 5.69 Å². The minimum atomic E-state index is -0.434. The fourth-order valence-corrected chi connectivity index (χ4v) is 2.34. The highest BCUT2D eigenvalue weighted by Crippen LogP contribution is 2.27. The van der Waals surface area contributed by atoms with Crippen LogP contribution in [0.3, 0.4) is 0 Å². The maximum absolute atomic E-state index is 11.0. The maximum Gasteiger partial charge on any atom is 0.311 e. The highest BCUT2D eigenvalue weighted by molar-refractivity contribution is 5.48. The van der Waals surface area contributed by atoms with Gasteiger partial charge in [-0.1, -0.05) is 30.3 Å². The van der Waals surface area contributed by atoms with Gasteiger partial charge in [-0.05, 0) is 22.8 Å². The highest BCUT2D eigenvalue weighted by atomic mass is 16.6. The maximum atomic E-state index is 11.0. The Morgan fingerprint density at radius 2 is 1.74 bits per heavy atom. The Bertz CT molecular complexity index is 673. The molecule has 122 valence electrons. The Morgan fingerprint density at radius 1 is 1.04 bits per heavy atom. The normalized spacial score (nSPS) is 10.5. The second-order valence-electron chi connectivity index (χ2n) is 5.12. The molecule has 1 N–H and O–H groups in total. The lowest BCUT2D eigenvalue weighted by Crippen LogP contribution is -2.13. The van der Waals surface area contributed by atoms with Gasteiger partial charge in [0.25, 0.3) is 0 Å². The number of hydrogen-bond acceptors (Lipinski definition) is 5. The van der Waals surface area contributed by atoms with Gasteiger partial charge in [0.1, 0.15) is 0 Å². The van der Waals surface area contributed by atoms with Crippen LogP contribution in [0.15, 0.2) is 42.5 Å². The van der Waals surface area contributed by atoms with E-state index in [4.69, 9.17) is 9.47 Å². The number of benzene rings is 2. The Hall–Kier alpha value is -2.44. The highest BCUT2D eigenvalue weighted by Gasteiger charge is 2.14. The van der Waals surface area contributed by atoms with Crippen LogP contribution in [0, 0.1) is 10.1 Å². The third kappa shape index (κ3) is 4.77. The predicted octanol–water partition coefficient (Wildman–Crippen LogP) is 3.04. The van der Waals surface area contributed by atoms with E-state index in [0.29, 0.717) is 19.7 Å². The molecule has 2 aromatic carbocycles. The summed E-state index contributed by atoms with van der Waals surface area (Å²) in [6.07, 6.45) is 0. The average Bonchev–Trinajstić information content (AvgIpc) is 2.55. The molecule has 0 aliphatic rings. The molecule has 0 saturated carbocycles. The molecule has 6 nitrogen and oxygen atoms in total. The number of hydrogen-bond donors (Lipinski definition) is 1. The van der Waals surface area contributed by atoms with Crippen LogP contribution in [0.5, 0.6) is 5.75 Å². The number of rotatable bonds is 8. The topological polar surface area (TPSA) is 73.6 Å². The fraction of sp³-hybridized carbons (Fsp3) is 0.294. The zero-order valence-electron chi connectivity index (χ0n) is 13.2. The molecule has 0 unspecified atom stereocenters. The van der Waals surface area contributed by atoms with Crippen LogP contribution in [-0.2, 0) is 24.4 Å². The summed E-state index contributed by atoms with van der Waals surface area (Å²) in [6.45, 7) is 1.80. The molecule has 0 radical (unpaired) electrons. The first-order valence-corrected chi connectivity index (χ1v) is 7.23. The van der Waals surface area contributed by atoms with Gasteiger partial charge < -0.3 is 14.8 Å². The van der Waals surface area contributed by atoms with Crippen LogP contribution in [0.2, 0.25) is 0 Å². The lowest BCUT2D eigenvalue weighted by Gasteiger charge is -2.08. The molecule has 2 rings (SSSR count). The number of nitro groups is 1. The molecule has 23 heavy (non-hydrogen) atoms. The van der Waals surface area contributed by atoms with E-state index in [1.165, 1.54) is 13.2 Å². The molecule has 0 bridgehead atoms. The summed E-state index contributed by atoms with van der Waals surface area (Å²) in [5.41, 5.74) is 3.08. The second-order valence-corrected chi connectivity index (χ2v) is 5.12. The molecular formula is C17H20N2O4. The summed E-state index contributed by atoms with van der Waals surface area (Å²) < 4.78 is 10.1. The third-order valence-corrected chi connectivity index (χ3v) is 3.40. The first-order valence-electron chi connectivity index (χ1n) is 7.23. The Balaban J connectivity index is 1.97. The average molecular weight is 316 g/mol. The summed E-state index contributed by atoms with van der Waals surface area (Å²) in [4.78, 5) is 10.6. The van der Waals surface area contributed by atoms with Crippen molar-refractivity contribution in [3.05, 3.63) is 69.3 Å². The summed E-state index contributed by atoms with van der Waals surface area (Å²) >= 11 is 0. The van der Waals surface area contributed by atoms with Gasteiger partial charge in [0, 0.05) is 26.3 Å². The van der Waals surface area contributed by atoms with Crippen LogP contribution in [0.1, 0.15) is 16.7 Å². The molecule has 0 heterocycles. The smallest absolute Gasteiger partial charge is 0.311 e. The minimum absolute atomic E-state index is 0.0195. The van der Waals surface area contributed by atoms with Gasteiger partial charge in [0.2, 0.25) is 0 Å². The third-order valence-electron chi connectivity index (χ3n) is 3.40. The number of nitrogens with one attached hydrogen (secondary N) is 1. The zero-order valence-corrected chi connectivity index (χ0v) is 13.2. The molecule has 0 fully saturated rings. The van der Waals surface area contributed by atoms with Gasteiger partial charge in [-0.3, -0.25) is 10.1 Å². The molecule has 0 spiro atoms. The molecule has 0 atom stereocenters. The van der Waals surface area contributed by atoms with Crippen molar-refractivity contribution in [2.45, 2.75) is 19.7 Å². The predicted molar refractivity (Wildman–Crippen MR) is 87.3 cm³/mol. The monoisotopic (exact) mass is 316 g/mol. The van der Waals surface area contributed by atoms with E-state index < -0.39 is 4.92 Å². The summed E-state index contributed by atoms with van der Waals surface area (Å²) in [5.74, 6) is 0.269. The van der Waals surface area contributed by atoms with Gasteiger partial charge in [-0.15, -0.1) is 0 Å². The van der Waals surface area contributed by atoms with Crippen molar-refractivity contribution in [3.63, 3.8) is 0 Å². The van der Waals surface area contributed by atoms with E-state index in [2.05, 4.69) is 11.4 Å². The number of methoxy groups -OCH3 is 2. The molecular weight excluding hydrogens is 296 g/mol. The van der Waals surface area contributed by atoms with E-state index >= 15 is 0 Å².